The molecule has 0 saturated carbocycles. The largest absolute Gasteiger partial charge is 0.462 e. The minimum atomic E-state index is 0.829. The van der Waals surface area contributed by atoms with Crippen LogP contribution < -0.4 is 0 Å². The molecular weight excluding hydrogens is 392 g/mol. The fourth-order valence-corrected chi connectivity index (χ4v) is 4.51. The molecule has 0 aliphatic heterocycles. The highest BCUT2D eigenvalue weighted by Gasteiger charge is 2.13. The lowest BCUT2D eigenvalue weighted by Crippen LogP contribution is -1.93. The number of benzene rings is 3. The molecule has 0 spiro atoms. The summed E-state index contributed by atoms with van der Waals surface area (Å²) in [6.07, 6.45) is 4.49. The monoisotopic (exact) mass is 414 g/mol. The zero-order chi connectivity index (χ0) is 21.7. The summed E-state index contributed by atoms with van der Waals surface area (Å²) in [5, 5.41) is 4.67. The van der Waals surface area contributed by atoms with E-state index in [0.717, 1.165) is 45.2 Å². The van der Waals surface area contributed by atoms with E-state index in [4.69, 9.17) is 14.4 Å². The second-order valence-electron chi connectivity index (χ2n) is 8.52. The highest BCUT2D eigenvalue weighted by molar-refractivity contribution is 6.09. The summed E-state index contributed by atoms with van der Waals surface area (Å²) in [6, 6.07) is 25.9. The molecule has 154 valence electrons. The SMILES string of the molecule is Cc1ccc2cc(Cc3ccnc(-c4cc5ccoc5c5nc(C)ccc45)c3)ccc2c1. The van der Waals surface area contributed by atoms with Crippen molar-refractivity contribution < 1.29 is 4.42 Å². The molecule has 0 bridgehead atoms. The van der Waals surface area contributed by atoms with Gasteiger partial charge in [0.1, 0.15) is 5.52 Å². The maximum absolute atomic E-state index is 5.74. The molecule has 3 aromatic carbocycles. The molecule has 0 atom stereocenters. The lowest BCUT2D eigenvalue weighted by atomic mass is 9.98. The molecule has 0 aliphatic rings. The van der Waals surface area contributed by atoms with Gasteiger partial charge >= 0.3 is 0 Å². The van der Waals surface area contributed by atoms with Gasteiger partial charge in [0.25, 0.3) is 0 Å². The Hall–Kier alpha value is -3.98. The predicted molar refractivity (Wildman–Crippen MR) is 131 cm³/mol. The molecule has 3 nitrogen and oxygen atoms in total. The van der Waals surface area contributed by atoms with Gasteiger partial charge in [0.05, 0.1) is 12.0 Å². The zero-order valence-electron chi connectivity index (χ0n) is 18.1. The minimum absolute atomic E-state index is 0.829. The average molecular weight is 415 g/mol. The van der Waals surface area contributed by atoms with Gasteiger partial charge in [-0.15, -0.1) is 0 Å². The van der Waals surface area contributed by atoms with Crippen molar-refractivity contribution in [2.45, 2.75) is 20.3 Å². The van der Waals surface area contributed by atoms with Crippen LogP contribution in [0.5, 0.6) is 0 Å². The Labute approximate surface area is 186 Å². The van der Waals surface area contributed by atoms with Crippen LogP contribution in [0.2, 0.25) is 0 Å². The molecule has 3 heteroatoms. The first kappa shape index (κ1) is 18.8. The van der Waals surface area contributed by atoms with Gasteiger partial charge in [-0.25, -0.2) is 4.98 Å². The van der Waals surface area contributed by atoms with E-state index in [2.05, 4.69) is 67.6 Å². The number of rotatable bonds is 3. The van der Waals surface area contributed by atoms with Gasteiger partial charge in [0.2, 0.25) is 0 Å². The van der Waals surface area contributed by atoms with Crippen molar-refractivity contribution >= 4 is 32.6 Å². The molecule has 3 aromatic heterocycles. The van der Waals surface area contributed by atoms with Gasteiger partial charge < -0.3 is 4.42 Å². The van der Waals surface area contributed by atoms with Crippen LogP contribution in [0.25, 0.3) is 43.9 Å². The summed E-state index contributed by atoms with van der Waals surface area (Å²) < 4.78 is 5.74. The molecule has 6 rings (SSSR count). The molecule has 0 unspecified atom stereocenters. The van der Waals surface area contributed by atoms with Crippen LogP contribution in [0.4, 0.5) is 0 Å². The minimum Gasteiger partial charge on any atom is -0.462 e. The topological polar surface area (TPSA) is 38.9 Å². The van der Waals surface area contributed by atoms with Crippen molar-refractivity contribution in [1.29, 1.82) is 0 Å². The summed E-state index contributed by atoms with van der Waals surface area (Å²) in [5.74, 6) is 0. The molecule has 0 fully saturated rings. The third-order valence-corrected chi connectivity index (χ3v) is 6.10. The standard InChI is InChI=1S/C29H22N2O/c1-18-3-6-23-15-20(5-7-22(23)13-18)14-21-9-11-30-27(16-21)26-17-24-10-12-32-29(24)28-25(26)8-4-19(2)31-28/h3-13,15-17H,14H2,1-2H3. The first-order valence-corrected chi connectivity index (χ1v) is 10.9. The van der Waals surface area contributed by atoms with Gasteiger partial charge in [-0.05, 0) is 72.5 Å². The second-order valence-corrected chi connectivity index (χ2v) is 8.52. The Morgan fingerprint density at radius 3 is 2.53 bits per heavy atom. The third kappa shape index (κ3) is 3.23. The number of furan rings is 1. The summed E-state index contributed by atoms with van der Waals surface area (Å²) in [7, 11) is 0. The quantitative estimate of drug-likeness (QED) is 0.303. The fourth-order valence-electron chi connectivity index (χ4n) is 4.51. The van der Waals surface area contributed by atoms with E-state index in [1.54, 1.807) is 6.26 Å². The van der Waals surface area contributed by atoms with Gasteiger partial charge in [0, 0.05) is 28.2 Å². The molecule has 32 heavy (non-hydrogen) atoms. The number of nitrogens with zero attached hydrogens (tertiary/aromatic N) is 2. The number of aryl methyl sites for hydroxylation is 2. The van der Waals surface area contributed by atoms with Gasteiger partial charge in [-0.2, -0.15) is 0 Å². The summed E-state index contributed by atoms with van der Waals surface area (Å²) in [4.78, 5) is 9.48. The number of fused-ring (bicyclic) bond motifs is 4. The number of hydrogen-bond acceptors (Lipinski definition) is 3. The Morgan fingerprint density at radius 2 is 1.59 bits per heavy atom. The Kier molecular flexibility index (Phi) is 4.29. The van der Waals surface area contributed by atoms with Crippen LogP contribution in [-0.2, 0) is 6.42 Å². The van der Waals surface area contributed by atoms with Crippen molar-refractivity contribution in [3.8, 4) is 11.3 Å². The van der Waals surface area contributed by atoms with E-state index in [-0.39, 0.29) is 0 Å². The number of hydrogen-bond donors (Lipinski definition) is 0. The third-order valence-electron chi connectivity index (χ3n) is 6.10. The van der Waals surface area contributed by atoms with E-state index in [1.165, 1.54) is 27.5 Å². The van der Waals surface area contributed by atoms with Crippen LogP contribution in [-0.4, -0.2) is 9.97 Å². The average Bonchev–Trinajstić information content (AvgIpc) is 3.28. The maximum atomic E-state index is 5.74. The van der Waals surface area contributed by atoms with Gasteiger partial charge in [0.15, 0.2) is 5.58 Å². The van der Waals surface area contributed by atoms with E-state index in [0.29, 0.717) is 0 Å². The smallest absolute Gasteiger partial charge is 0.160 e. The Bertz CT molecular complexity index is 1630. The van der Waals surface area contributed by atoms with Crippen LogP contribution in [0, 0.1) is 13.8 Å². The number of pyridine rings is 2. The number of aromatic nitrogens is 2. The van der Waals surface area contributed by atoms with Crippen molar-refractivity contribution in [3.63, 3.8) is 0 Å². The van der Waals surface area contributed by atoms with E-state index >= 15 is 0 Å². The first-order chi connectivity index (χ1) is 15.6. The van der Waals surface area contributed by atoms with Crippen LogP contribution >= 0.6 is 0 Å². The Morgan fingerprint density at radius 1 is 0.750 bits per heavy atom. The van der Waals surface area contributed by atoms with Crippen LogP contribution in [0.3, 0.4) is 0 Å². The van der Waals surface area contributed by atoms with Crippen molar-refractivity contribution in [2.24, 2.45) is 0 Å². The molecule has 3 heterocycles. The molecule has 0 amide bonds. The molecular formula is C29H22N2O. The van der Waals surface area contributed by atoms with Crippen molar-refractivity contribution in [2.75, 3.05) is 0 Å². The summed E-state index contributed by atoms with van der Waals surface area (Å²) in [5.41, 5.74) is 8.55. The summed E-state index contributed by atoms with van der Waals surface area (Å²) in [6.45, 7) is 4.14. The highest BCUT2D eigenvalue weighted by Crippen LogP contribution is 2.34. The Balaban J connectivity index is 1.43. The molecule has 6 aromatic rings. The normalized spacial score (nSPS) is 11.6. The van der Waals surface area contributed by atoms with E-state index < -0.39 is 0 Å². The predicted octanol–water partition coefficient (Wildman–Crippen LogP) is 7.40. The second kappa shape index (κ2) is 7.31. The zero-order valence-corrected chi connectivity index (χ0v) is 18.1. The highest BCUT2D eigenvalue weighted by atomic mass is 16.3. The molecule has 0 N–H and O–H groups in total. The van der Waals surface area contributed by atoms with Gasteiger partial charge in [-0.3, -0.25) is 4.98 Å². The first-order valence-electron chi connectivity index (χ1n) is 10.9. The maximum Gasteiger partial charge on any atom is 0.160 e. The summed E-state index contributed by atoms with van der Waals surface area (Å²) >= 11 is 0. The fraction of sp³-hybridized carbons (Fsp3) is 0.103. The van der Waals surface area contributed by atoms with Crippen LogP contribution in [0.1, 0.15) is 22.4 Å². The lowest BCUT2D eigenvalue weighted by molar-refractivity contribution is 0.618. The van der Waals surface area contributed by atoms with Crippen LogP contribution in [0.15, 0.2) is 89.7 Å². The van der Waals surface area contributed by atoms with Crippen molar-refractivity contribution in [1.82, 2.24) is 9.97 Å². The molecule has 0 radical (unpaired) electrons. The molecule has 0 saturated heterocycles. The van der Waals surface area contributed by atoms with Crippen molar-refractivity contribution in [3.05, 3.63) is 108 Å². The van der Waals surface area contributed by atoms with E-state index in [1.807, 2.05) is 25.3 Å². The lowest BCUT2D eigenvalue weighted by Gasteiger charge is -2.10. The van der Waals surface area contributed by atoms with Gasteiger partial charge in [-0.1, -0.05) is 48.0 Å². The molecule has 0 aliphatic carbocycles. The van der Waals surface area contributed by atoms with E-state index in [9.17, 15) is 0 Å².